The summed E-state index contributed by atoms with van der Waals surface area (Å²) in [5.41, 5.74) is 1.72. The van der Waals surface area contributed by atoms with Crippen LogP contribution in [-0.4, -0.2) is 16.7 Å². The normalized spacial score (nSPS) is 11.3. The smallest absolute Gasteiger partial charge is 0.280 e. The van der Waals surface area contributed by atoms with Crippen molar-refractivity contribution in [3.63, 3.8) is 0 Å². The maximum Gasteiger partial charge on any atom is 0.280 e. The lowest BCUT2D eigenvalue weighted by atomic mass is 9.93. The molecular formula is C32H26FN3O5. The Morgan fingerprint density at radius 2 is 1.61 bits per heavy atom. The fourth-order valence-electron chi connectivity index (χ4n) is 4.76. The second-order valence-corrected chi connectivity index (χ2v) is 10.1. The molecule has 1 heterocycles. The number of anilines is 1. The molecule has 0 fully saturated rings. The summed E-state index contributed by atoms with van der Waals surface area (Å²) in [6, 6.07) is 24.2. The molecule has 5 rings (SSSR count). The SMILES string of the molecule is Cc1oc2cc([N+](=O)[O-])c(-c3cccc(C(=O)NC(C)(C)c4ccccc4)c3)cc2c1C(=O)Nc1ccc(F)cc1. The van der Waals surface area contributed by atoms with E-state index in [2.05, 4.69) is 10.6 Å². The molecule has 5 aromatic rings. The molecule has 2 N–H and O–H groups in total. The van der Waals surface area contributed by atoms with Crippen LogP contribution < -0.4 is 10.6 Å². The van der Waals surface area contributed by atoms with E-state index in [1.54, 1.807) is 31.2 Å². The number of aryl methyl sites for hydroxylation is 1. The summed E-state index contributed by atoms with van der Waals surface area (Å²) in [4.78, 5) is 38.0. The Balaban J connectivity index is 1.53. The first-order valence-corrected chi connectivity index (χ1v) is 12.8. The van der Waals surface area contributed by atoms with Crippen molar-refractivity contribution in [2.24, 2.45) is 0 Å². The van der Waals surface area contributed by atoms with Gasteiger partial charge in [-0.05, 0) is 74.4 Å². The molecule has 0 saturated carbocycles. The van der Waals surface area contributed by atoms with Gasteiger partial charge in [0, 0.05) is 16.6 Å². The first-order valence-electron chi connectivity index (χ1n) is 12.8. The minimum absolute atomic E-state index is 0.167. The third kappa shape index (κ3) is 5.56. The number of benzene rings is 4. The molecule has 0 atom stereocenters. The summed E-state index contributed by atoms with van der Waals surface area (Å²) in [6.07, 6.45) is 0. The Kier molecular flexibility index (Phi) is 7.11. The molecule has 0 aliphatic heterocycles. The Morgan fingerprint density at radius 3 is 2.29 bits per heavy atom. The highest BCUT2D eigenvalue weighted by atomic mass is 19.1. The van der Waals surface area contributed by atoms with E-state index in [9.17, 15) is 24.1 Å². The number of nitro groups is 1. The van der Waals surface area contributed by atoms with Crippen LogP contribution in [0.1, 0.15) is 45.9 Å². The predicted molar refractivity (Wildman–Crippen MR) is 154 cm³/mol. The van der Waals surface area contributed by atoms with Gasteiger partial charge in [-0.15, -0.1) is 0 Å². The fraction of sp³-hybridized carbons (Fsp3) is 0.125. The summed E-state index contributed by atoms with van der Waals surface area (Å²) in [5.74, 6) is -1.03. The van der Waals surface area contributed by atoms with Gasteiger partial charge < -0.3 is 15.1 Å². The van der Waals surface area contributed by atoms with Crippen LogP contribution in [0, 0.1) is 22.9 Å². The van der Waals surface area contributed by atoms with Gasteiger partial charge in [0.2, 0.25) is 0 Å². The number of fused-ring (bicyclic) bond motifs is 1. The Labute approximate surface area is 235 Å². The van der Waals surface area contributed by atoms with Gasteiger partial charge >= 0.3 is 0 Å². The lowest BCUT2D eigenvalue weighted by Gasteiger charge is -2.27. The van der Waals surface area contributed by atoms with Crippen LogP contribution in [0.2, 0.25) is 0 Å². The Hall–Kier alpha value is -5.31. The van der Waals surface area contributed by atoms with Crippen LogP contribution in [0.4, 0.5) is 15.8 Å². The van der Waals surface area contributed by atoms with Gasteiger partial charge in [-0.1, -0.05) is 42.5 Å². The van der Waals surface area contributed by atoms with Gasteiger partial charge in [-0.25, -0.2) is 4.39 Å². The number of carbonyl (C=O) groups excluding carboxylic acids is 2. The second-order valence-electron chi connectivity index (χ2n) is 10.1. The maximum atomic E-state index is 13.3. The maximum absolute atomic E-state index is 13.3. The molecule has 8 nitrogen and oxygen atoms in total. The van der Waals surface area contributed by atoms with Crippen molar-refractivity contribution >= 4 is 34.2 Å². The van der Waals surface area contributed by atoms with Gasteiger partial charge in [0.1, 0.15) is 17.2 Å². The van der Waals surface area contributed by atoms with E-state index in [4.69, 9.17) is 4.42 Å². The van der Waals surface area contributed by atoms with Crippen molar-refractivity contribution in [2.45, 2.75) is 26.3 Å². The summed E-state index contributed by atoms with van der Waals surface area (Å²) in [6.45, 7) is 5.37. The first kappa shape index (κ1) is 27.3. The van der Waals surface area contributed by atoms with E-state index >= 15 is 0 Å². The van der Waals surface area contributed by atoms with E-state index in [1.165, 1.54) is 36.4 Å². The monoisotopic (exact) mass is 551 g/mol. The molecule has 0 radical (unpaired) electrons. The van der Waals surface area contributed by atoms with Crippen molar-refractivity contribution in [1.29, 1.82) is 0 Å². The molecule has 9 heteroatoms. The highest BCUT2D eigenvalue weighted by Crippen LogP contribution is 2.38. The molecule has 2 amide bonds. The summed E-state index contributed by atoms with van der Waals surface area (Å²) < 4.78 is 19.0. The van der Waals surface area contributed by atoms with Gasteiger partial charge in [0.15, 0.2) is 0 Å². The first-order chi connectivity index (χ1) is 19.5. The zero-order chi connectivity index (χ0) is 29.3. The third-order valence-electron chi connectivity index (χ3n) is 6.87. The van der Waals surface area contributed by atoms with Crippen LogP contribution in [0.3, 0.4) is 0 Å². The molecule has 4 aromatic carbocycles. The largest absolute Gasteiger partial charge is 0.460 e. The number of amides is 2. The minimum Gasteiger partial charge on any atom is -0.460 e. The molecule has 0 aliphatic carbocycles. The molecule has 41 heavy (non-hydrogen) atoms. The van der Waals surface area contributed by atoms with E-state index in [0.29, 0.717) is 22.2 Å². The third-order valence-corrected chi connectivity index (χ3v) is 6.87. The Morgan fingerprint density at radius 1 is 0.902 bits per heavy atom. The van der Waals surface area contributed by atoms with Crippen molar-refractivity contribution in [3.05, 3.63) is 129 Å². The quantitative estimate of drug-likeness (QED) is 0.162. The van der Waals surface area contributed by atoms with E-state index in [0.717, 1.165) is 5.56 Å². The van der Waals surface area contributed by atoms with Crippen LogP contribution >= 0.6 is 0 Å². The van der Waals surface area contributed by atoms with Gasteiger partial charge in [-0.3, -0.25) is 19.7 Å². The van der Waals surface area contributed by atoms with Crippen molar-refractivity contribution < 1.29 is 23.3 Å². The molecule has 0 saturated heterocycles. The molecule has 1 aromatic heterocycles. The Bertz CT molecular complexity index is 1790. The summed E-state index contributed by atoms with van der Waals surface area (Å²) >= 11 is 0. The number of rotatable bonds is 7. The molecular weight excluding hydrogens is 525 g/mol. The van der Waals surface area contributed by atoms with Crippen molar-refractivity contribution in [3.8, 4) is 11.1 Å². The zero-order valence-corrected chi connectivity index (χ0v) is 22.5. The number of halogens is 1. The molecule has 0 unspecified atom stereocenters. The number of carbonyl (C=O) groups is 2. The fourth-order valence-corrected chi connectivity index (χ4v) is 4.76. The summed E-state index contributed by atoms with van der Waals surface area (Å²) in [7, 11) is 0. The standard InChI is InChI=1S/C32H26FN3O5/c1-19-29(31(38)34-24-14-12-23(33)13-15-24)26-17-25(27(36(39)40)18-28(26)41-19)20-8-7-9-21(16-20)30(37)35-32(2,3)22-10-5-4-6-11-22/h4-18H,1-3H3,(H,34,38)(H,35,37). The van der Waals surface area contributed by atoms with Crippen LogP contribution in [0.15, 0.2) is 95.4 Å². The topological polar surface area (TPSA) is 114 Å². The highest BCUT2D eigenvalue weighted by Gasteiger charge is 2.26. The number of nitrogens with one attached hydrogen (secondary N) is 2. The second kappa shape index (κ2) is 10.7. The molecule has 0 spiro atoms. The van der Waals surface area contributed by atoms with Gasteiger partial charge in [0.05, 0.1) is 27.7 Å². The van der Waals surface area contributed by atoms with E-state index in [-0.39, 0.29) is 34.1 Å². The molecule has 206 valence electrons. The number of hydrogen-bond acceptors (Lipinski definition) is 5. The average molecular weight is 552 g/mol. The molecule has 0 bridgehead atoms. The number of nitro benzene ring substituents is 1. The van der Waals surface area contributed by atoms with Crippen LogP contribution in [0.5, 0.6) is 0 Å². The average Bonchev–Trinajstić information content (AvgIpc) is 3.28. The predicted octanol–water partition coefficient (Wildman–Crippen LogP) is 7.37. The van der Waals surface area contributed by atoms with E-state index in [1.807, 2.05) is 44.2 Å². The minimum atomic E-state index is -0.666. The highest BCUT2D eigenvalue weighted by molar-refractivity contribution is 6.14. The van der Waals surface area contributed by atoms with E-state index < -0.39 is 22.2 Å². The zero-order valence-electron chi connectivity index (χ0n) is 22.5. The summed E-state index contributed by atoms with van der Waals surface area (Å²) in [5, 5.41) is 18.2. The number of hydrogen-bond donors (Lipinski definition) is 2. The van der Waals surface area contributed by atoms with Gasteiger partial charge in [-0.2, -0.15) is 0 Å². The van der Waals surface area contributed by atoms with Gasteiger partial charge in [0.25, 0.3) is 17.5 Å². The lowest BCUT2D eigenvalue weighted by Crippen LogP contribution is -2.40. The van der Waals surface area contributed by atoms with Crippen molar-refractivity contribution in [2.75, 3.05) is 5.32 Å². The molecule has 0 aliphatic rings. The number of nitrogens with zero attached hydrogens (tertiary/aromatic N) is 1. The lowest BCUT2D eigenvalue weighted by molar-refractivity contribution is -0.384. The van der Waals surface area contributed by atoms with Crippen LogP contribution in [-0.2, 0) is 5.54 Å². The van der Waals surface area contributed by atoms with Crippen LogP contribution in [0.25, 0.3) is 22.1 Å². The number of furan rings is 1. The van der Waals surface area contributed by atoms with Crippen molar-refractivity contribution in [1.82, 2.24) is 5.32 Å².